The number of hydrogen-bond donors (Lipinski definition) is 0. The van der Waals surface area contributed by atoms with Crippen LogP contribution in [0.25, 0.3) is 0 Å². The molecule has 1 saturated heterocycles. The van der Waals surface area contributed by atoms with E-state index >= 15 is 0 Å². The van der Waals surface area contributed by atoms with Crippen LogP contribution in [-0.4, -0.2) is 44.7 Å². The van der Waals surface area contributed by atoms with E-state index in [1.807, 2.05) is 0 Å². The van der Waals surface area contributed by atoms with E-state index in [4.69, 9.17) is 0 Å². The van der Waals surface area contributed by atoms with Gasteiger partial charge in [0.1, 0.15) is 11.6 Å². The van der Waals surface area contributed by atoms with E-state index in [2.05, 4.69) is 0 Å². The lowest BCUT2D eigenvalue weighted by Crippen LogP contribution is -2.58. The van der Waals surface area contributed by atoms with Crippen molar-refractivity contribution in [3.63, 3.8) is 0 Å². The van der Waals surface area contributed by atoms with Crippen molar-refractivity contribution in [3.8, 4) is 0 Å². The normalized spacial score (nSPS) is 21.2. The zero-order valence-electron chi connectivity index (χ0n) is 13.7. The summed E-state index contributed by atoms with van der Waals surface area (Å²) in [5, 5.41) is -1.07. The smallest absolute Gasteiger partial charge is 0.218 e. The van der Waals surface area contributed by atoms with Crippen molar-refractivity contribution in [2.45, 2.75) is 48.4 Å². The van der Waals surface area contributed by atoms with Gasteiger partial charge in [-0.2, -0.15) is 4.31 Å². The number of sulfonamides is 1. The Morgan fingerprint density at radius 3 is 2.24 bits per heavy atom. The van der Waals surface area contributed by atoms with E-state index in [0.717, 1.165) is 41.8 Å². The zero-order chi connectivity index (χ0) is 18.2. The van der Waals surface area contributed by atoms with Gasteiger partial charge in [0, 0.05) is 18.7 Å². The maximum Gasteiger partial charge on any atom is 0.218 e. The minimum atomic E-state index is -3.88. The SMILES string of the molecule is O=S(=O)(C1CCCCC1)C1CN(S(=O)(=O)Cc2cc(F)ccc2F)C1. The molecule has 9 heteroatoms. The molecule has 0 aromatic heterocycles. The van der Waals surface area contributed by atoms with Crippen molar-refractivity contribution < 1.29 is 25.6 Å². The van der Waals surface area contributed by atoms with Gasteiger partial charge in [-0.25, -0.2) is 25.6 Å². The van der Waals surface area contributed by atoms with Crippen LogP contribution in [0.5, 0.6) is 0 Å². The second-order valence-electron chi connectivity index (χ2n) is 6.78. The summed E-state index contributed by atoms with van der Waals surface area (Å²) < 4.78 is 77.7. The van der Waals surface area contributed by atoms with Crippen molar-refractivity contribution in [1.29, 1.82) is 0 Å². The van der Waals surface area contributed by atoms with Gasteiger partial charge in [0.25, 0.3) is 0 Å². The Hall–Kier alpha value is -1.06. The monoisotopic (exact) mass is 393 g/mol. The first-order valence-electron chi connectivity index (χ1n) is 8.34. The minimum Gasteiger partial charge on any atom is -0.228 e. The molecule has 5 nitrogen and oxygen atoms in total. The van der Waals surface area contributed by atoms with Crippen LogP contribution in [0.2, 0.25) is 0 Å². The van der Waals surface area contributed by atoms with Crippen LogP contribution in [0, 0.1) is 11.6 Å². The molecule has 0 bridgehead atoms. The second-order valence-corrected chi connectivity index (χ2v) is 11.3. The van der Waals surface area contributed by atoms with E-state index in [0.29, 0.717) is 12.8 Å². The fourth-order valence-electron chi connectivity index (χ4n) is 3.44. The Balaban J connectivity index is 1.65. The zero-order valence-corrected chi connectivity index (χ0v) is 15.3. The molecule has 1 aromatic carbocycles. The van der Waals surface area contributed by atoms with Gasteiger partial charge in [0.15, 0.2) is 9.84 Å². The summed E-state index contributed by atoms with van der Waals surface area (Å²) in [5.74, 6) is -2.18. The first-order valence-corrected chi connectivity index (χ1v) is 11.6. The molecule has 1 aliphatic carbocycles. The van der Waals surface area contributed by atoms with E-state index in [-0.39, 0.29) is 23.9 Å². The Morgan fingerprint density at radius 1 is 0.960 bits per heavy atom. The average molecular weight is 393 g/mol. The lowest BCUT2D eigenvalue weighted by atomic mass is 10.0. The number of halogens is 2. The van der Waals surface area contributed by atoms with Crippen LogP contribution in [-0.2, 0) is 25.6 Å². The largest absolute Gasteiger partial charge is 0.228 e. The molecule has 3 rings (SSSR count). The molecule has 2 aliphatic rings. The van der Waals surface area contributed by atoms with Crippen LogP contribution < -0.4 is 0 Å². The highest BCUT2D eigenvalue weighted by atomic mass is 32.2. The van der Waals surface area contributed by atoms with Crippen molar-refractivity contribution in [3.05, 3.63) is 35.4 Å². The molecule has 1 aromatic rings. The summed E-state index contributed by atoms with van der Waals surface area (Å²) in [5.41, 5.74) is -0.251. The second kappa shape index (κ2) is 6.92. The maximum absolute atomic E-state index is 13.6. The van der Waals surface area contributed by atoms with Gasteiger partial charge in [-0.05, 0) is 31.0 Å². The van der Waals surface area contributed by atoms with E-state index in [1.54, 1.807) is 0 Å². The predicted octanol–water partition coefficient (Wildman–Crippen LogP) is 2.23. The van der Waals surface area contributed by atoms with Gasteiger partial charge in [-0.15, -0.1) is 0 Å². The minimum absolute atomic E-state index is 0.0991. The molecule has 2 fully saturated rings. The predicted molar refractivity (Wildman–Crippen MR) is 90.1 cm³/mol. The summed E-state index contributed by atoms with van der Waals surface area (Å²) in [6.07, 6.45) is 4.09. The molecule has 0 atom stereocenters. The van der Waals surface area contributed by atoms with Gasteiger partial charge in [0.05, 0.1) is 16.3 Å². The number of sulfone groups is 1. The summed E-state index contributed by atoms with van der Waals surface area (Å²) in [7, 11) is -7.22. The first-order chi connectivity index (χ1) is 11.7. The summed E-state index contributed by atoms with van der Waals surface area (Å²) in [6.45, 7) is -0.198. The van der Waals surface area contributed by atoms with Crippen LogP contribution in [0.1, 0.15) is 37.7 Å². The van der Waals surface area contributed by atoms with Gasteiger partial charge in [-0.3, -0.25) is 0 Å². The highest BCUT2D eigenvalue weighted by molar-refractivity contribution is 7.93. The van der Waals surface area contributed by atoms with E-state index in [9.17, 15) is 25.6 Å². The third-order valence-electron chi connectivity index (χ3n) is 5.04. The van der Waals surface area contributed by atoms with Crippen molar-refractivity contribution in [2.24, 2.45) is 0 Å². The Morgan fingerprint density at radius 2 is 1.60 bits per heavy atom. The van der Waals surface area contributed by atoms with Crippen LogP contribution >= 0.6 is 0 Å². The van der Waals surface area contributed by atoms with Crippen molar-refractivity contribution in [1.82, 2.24) is 4.31 Å². The molecule has 0 spiro atoms. The summed E-state index contributed by atoms with van der Waals surface area (Å²) in [4.78, 5) is 0. The molecule has 0 N–H and O–H groups in total. The fourth-order valence-corrected chi connectivity index (χ4v) is 7.55. The molecule has 25 heavy (non-hydrogen) atoms. The average Bonchev–Trinajstić information content (AvgIpc) is 2.49. The van der Waals surface area contributed by atoms with Crippen molar-refractivity contribution in [2.75, 3.05) is 13.1 Å². The Bertz CT molecular complexity index is 843. The molecule has 0 amide bonds. The number of hydrogen-bond acceptors (Lipinski definition) is 4. The van der Waals surface area contributed by atoms with Crippen molar-refractivity contribution >= 4 is 19.9 Å². The summed E-state index contributed by atoms with van der Waals surface area (Å²) in [6, 6.07) is 2.65. The molecular weight excluding hydrogens is 372 g/mol. The lowest BCUT2D eigenvalue weighted by molar-refractivity contribution is 0.305. The number of benzene rings is 1. The standard InChI is InChI=1S/C16H21F2NO4S2/c17-13-6-7-16(18)12(8-13)11-24(20,21)19-9-15(10-19)25(22,23)14-4-2-1-3-5-14/h6-8,14-15H,1-5,9-11H2. The molecular formula is C16H21F2NO4S2. The lowest BCUT2D eigenvalue weighted by Gasteiger charge is -2.39. The van der Waals surface area contributed by atoms with Crippen LogP contribution in [0.3, 0.4) is 0 Å². The molecule has 140 valence electrons. The molecule has 1 heterocycles. The summed E-state index contributed by atoms with van der Waals surface area (Å²) >= 11 is 0. The highest BCUT2D eigenvalue weighted by Crippen LogP contribution is 2.31. The quantitative estimate of drug-likeness (QED) is 0.769. The maximum atomic E-state index is 13.6. The highest BCUT2D eigenvalue weighted by Gasteiger charge is 2.46. The van der Waals surface area contributed by atoms with Gasteiger partial charge < -0.3 is 0 Å². The third kappa shape index (κ3) is 3.88. The van der Waals surface area contributed by atoms with Crippen LogP contribution in [0.15, 0.2) is 18.2 Å². The molecule has 0 unspecified atom stereocenters. The van der Waals surface area contributed by atoms with Gasteiger partial charge in [-0.1, -0.05) is 19.3 Å². The van der Waals surface area contributed by atoms with Crippen LogP contribution in [0.4, 0.5) is 8.78 Å². The van der Waals surface area contributed by atoms with Gasteiger partial charge in [0.2, 0.25) is 10.0 Å². The van der Waals surface area contributed by atoms with Gasteiger partial charge >= 0.3 is 0 Å². The fraction of sp³-hybridized carbons (Fsp3) is 0.625. The molecule has 0 radical (unpaired) electrons. The third-order valence-corrected chi connectivity index (χ3v) is 9.42. The first kappa shape index (κ1) is 18.7. The molecule has 1 aliphatic heterocycles. The Labute approximate surface area is 147 Å². The Kier molecular flexibility index (Phi) is 5.18. The number of rotatable bonds is 5. The topological polar surface area (TPSA) is 71.5 Å². The molecule has 1 saturated carbocycles. The van der Waals surface area contributed by atoms with E-state index < -0.39 is 42.5 Å². The number of nitrogens with zero attached hydrogens (tertiary/aromatic N) is 1. The van der Waals surface area contributed by atoms with E-state index in [1.165, 1.54) is 0 Å².